The molecule has 2 aromatic heterocycles. The number of nitrogens with zero attached hydrogens (tertiary/aromatic N) is 2. The number of carboxylic acid groups (broad SMARTS) is 1. The van der Waals surface area contributed by atoms with Crippen molar-refractivity contribution in [2.45, 2.75) is 38.4 Å². The molecule has 0 spiro atoms. The van der Waals surface area contributed by atoms with Crippen molar-refractivity contribution in [1.29, 1.82) is 0 Å². The number of hydrogen-bond acceptors (Lipinski definition) is 5. The SMILES string of the molecule is CC(CCC(=O)O)(c1ccc(OCc2ccc3ccc(F)cc3n2)cc1)c1ccc(OCc2ccc3ccc(F)cc3n2)cc1. The fraction of sp³-hybridized carbons (Fsp3) is 0.162. The number of rotatable bonds is 11. The molecule has 0 aliphatic carbocycles. The van der Waals surface area contributed by atoms with E-state index < -0.39 is 11.4 Å². The molecule has 6 rings (SSSR count). The third kappa shape index (κ3) is 6.91. The largest absolute Gasteiger partial charge is 0.487 e. The highest BCUT2D eigenvalue weighted by Gasteiger charge is 2.30. The van der Waals surface area contributed by atoms with Crippen LogP contribution in [0, 0.1) is 11.6 Å². The predicted octanol–water partition coefficient (Wildman–Crippen LogP) is 8.39. The van der Waals surface area contributed by atoms with Crippen LogP contribution in [0.25, 0.3) is 21.8 Å². The van der Waals surface area contributed by atoms with E-state index in [0.717, 1.165) is 21.9 Å². The Labute approximate surface area is 258 Å². The molecule has 0 amide bonds. The molecule has 1 N–H and O–H groups in total. The summed E-state index contributed by atoms with van der Waals surface area (Å²) in [5, 5.41) is 11.2. The van der Waals surface area contributed by atoms with Crippen molar-refractivity contribution in [2.24, 2.45) is 0 Å². The minimum atomic E-state index is -0.869. The van der Waals surface area contributed by atoms with E-state index in [1.165, 1.54) is 24.3 Å². The molecule has 0 radical (unpaired) electrons. The molecule has 226 valence electrons. The lowest BCUT2D eigenvalue weighted by atomic mass is 9.73. The lowest BCUT2D eigenvalue weighted by Crippen LogP contribution is -2.25. The van der Waals surface area contributed by atoms with Gasteiger partial charge in [0, 0.05) is 34.7 Å². The molecule has 8 heteroatoms. The summed E-state index contributed by atoms with van der Waals surface area (Å²) in [6.45, 7) is 2.46. The number of fused-ring (bicyclic) bond motifs is 2. The molecule has 0 atom stereocenters. The van der Waals surface area contributed by atoms with Gasteiger partial charge in [-0.1, -0.05) is 43.3 Å². The van der Waals surface area contributed by atoms with Crippen LogP contribution in [0.5, 0.6) is 11.5 Å². The Bertz CT molecular complexity index is 1850. The Morgan fingerprint density at radius 1 is 0.667 bits per heavy atom. The molecule has 0 aliphatic heterocycles. The second kappa shape index (κ2) is 12.7. The molecular weight excluding hydrogens is 574 g/mol. The average molecular weight is 605 g/mol. The standard InChI is InChI=1S/C37H30F2N2O4/c1-37(19-18-36(42)43,26-6-14-32(15-7-26)44-22-30-12-4-24-2-10-28(38)20-34(24)40-30)27-8-16-33(17-9-27)45-23-31-13-5-25-3-11-29(39)21-35(25)41-31/h2-17,20-21H,18-19,22-23H2,1H3,(H,42,43). The van der Waals surface area contributed by atoms with Gasteiger partial charge >= 0.3 is 5.97 Å². The van der Waals surface area contributed by atoms with E-state index in [1.807, 2.05) is 79.7 Å². The van der Waals surface area contributed by atoms with Crippen LogP contribution in [0.3, 0.4) is 0 Å². The minimum absolute atomic E-state index is 0.00451. The third-order valence-corrected chi connectivity index (χ3v) is 8.02. The van der Waals surface area contributed by atoms with Gasteiger partial charge in [-0.3, -0.25) is 4.79 Å². The Morgan fingerprint density at radius 3 is 1.51 bits per heavy atom. The topological polar surface area (TPSA) is 81.5 Å². The quantitative estimate of drug-likeness (QED) is 0.160. The van der Waals surface area contributed by atoms with Crippen molar-refractivity contribution in [3.63, 3.8) is 0 Å². The first-order valence-corrected chi connectivity index (χ1v) is 14.5. The smallest absolute Gasteiger partial charge is 0.303 e. The first kappa shape index (κ1) is 29.7. The van der Waals surface area contributed by atoms with E-state index in [9.17, 15) is 18.7 Å². The van der Waals surface area contributed by atoms with E-state index in [0.29, 0.717) is 40.3 Å². The van der Waals surface area contributed by atoms with Gasteiger partial charge in [0.2, 0.25) is 0 Å². The fourth-order valence-corrected chi connectivity index (χ4v) is 5.39. The molecule has 0 fully saturated rings. The monoisotopic (exact) mass is 604 g/mol. The highest BCUT2D eigenvalue weighted by Crippen LogP contribution is 2.38. The van der Waals surface area contributed by atoms with Gasteiger partial charge in [0.15, 0.2) is 0 Å². The summed E-state index contributed by atoms with van der Waals surface area (Å²) in [5.74, 6) is -0.280. The summed E-state index contributed by atoms with van der Waals surface area (Å²) in [6.07, 6.45) is 0.382. The van der Waals surface area contributed by atoms with Crippen molar-refractivity contribution in [2.75, 3.05) is 0 Å². The number of ether oxygens (including phenoxy) is 2. The third-order valence-electron chi connectivity index (χ3n) is 8.02. The Hall–Kier alpha value is -5.37. The zero-order chi connectivity index (χ0) is 31.4. The first-order valence-electron chi connectivity index (χ1n) is 14.5. The highest BCUT2D eigenvalue weighted by molar-refractivity contribution is 5.79. The van der Waals surface area contributed by atoms with Crippen LogP contribution >= 0.6 is 0 Å². The van der Waals surface area contributed by atoms with Crippen LogP contribution in [-0.4, -0.2) is 21.0 Å². The van der Waals surface area contributed by atoms with Crippen LogP contribution < -0.4 is 9.47 Å². The number of aromatic nitrogens is 2. The summed E-state index contributed by atoms with van der Waals surface area (Å²) in [7, 11) is 0. The minimum Gasteiger partial charge on any atom is -0.487 e. The summed E-state index contributed by atoms with van der Waals surface area (Å²) in [6, 6.07) is 31.7. The van der Waals surface area contributed by atoms with Crippen LogP contribution in [0.15, 0.2) is 109 Å². The number of benzene rings is 4. The second-order valence-corrected chi connectivity index (χ2v) is 11.1. The van der Waals surface area contributed by atoms with Crippen molar-refractivity contribution >= 4 is 27.8 Å². The van der Waals surface area contributed by atoms with Crippen molar-refractivity contribution in [3.8, 4) is 11.5 Å². The van der Waals surface area contributed by atoms with Gasteiger partial charge in [0.25, 0.3) is 0 Å². The maximum Gasteiger partial charge on any atom is 0.303 e. The van der Waals surface area contributed by atoms with Gasteiger partial charge in [-0.05, 0) is 78.2 Å². The number of halogens is 2. The van der Waals surface area contributed by atoms with Gasteiger partial charge in [-0.25, -0.2) is 18.7 Å². The molecule has 0 aliphatic rings. The lowest BCUT2D eigenvalue weighted by molar-refractivity contribution is -0.137. The van der Waals surface area contributed by atoms with Crippen molar-refractivity contribution in [3.05, 3.63) is 143 Å². The van der Waals surface area contributed by atoms with Crippen molar-refractivity contribution < 1.29 is 28.2 Å². The van der Waals surface area contributed by atoms with Gasteiger partial charge in [0.1, 0.15) is 36.3 Å². The molecule has 0 unspecified atom stereocenters. The van der Waals surface area contributed by atoms with Gasteiger partial charge in [-0.2, -0.15) is 0 Å². The maximum absolute atomic E-state index is 13.6. The fourth-order valence-electron chi connectivity index (χ4n) is 5.39. The highest BCUT2D eigenvalue weighted by atomic mass is 19.1. The van der Waals surface area contributed by atoms with Gasteiger partial charge in [0.05, 0.1) is 22.4 Å². The molecule has 2 heterocycles. The first-order chi connectivity index (χ1) is 21.7. The van der Waals surface area contributed by atoms with Crippen molar-refractivity contribution in [1.82, 2.24) is 9.97 Å². The molecule has 4 aromatic carbocycles. The number of carboxylic acids is 1. The zero-order valence-electron chi connectivity index (χ0n) is 24.5. The molecule has 6 nitrogen and oxygen atoms in total. The second-order valence-electron chi connectivity index (χ2n) is 11.1. The normalized spacial score (nSPS) is 11.5. The van der Waals surface area contributed by atoms with E-state index in [1.54, 1.807) is 12.1 Å². The van der Waals surface area contributed by atoms with Gasteiger partial charge < -0.3 is 14.6 Å². The zero-order valence-corrected chi connectivity index (χ0v) is 24.5. The molecule has 0 saturated heterocycles. The van der Waals surface area contributed by atoms with E-state index in [4.69, 9.17) is 9.47 Å². The Balaban J connectivity index is 1.15. The van der Waals surface area contributed by atoms with Crippen LogP contribution in [0.2, 0.25) is 0 Å². The summed E-state index contributed by atoms with van der Waals surface area (Å²) in [4.78, 5) is 20.6. The maximum atomic E-state index is 13.6. The molecular formula is C37H30F2N2O4. The van der Waals surface area contributed by atoms with Crippen LogP contribution in [-0.2, 0) is 23.4 Å². The lowest BCUT2D eigenvalue weighted by Gasteiger charge is -2.31. The number of aliphatic carboxylic acids is 1. The average Bonchev–Trinajstić information content (AvgIpc) is 3.05. The van der Waals surface area contributed by atoms with Gasteiger partial charge in [-0.15, -0.1) is 0 Å². The van der Waals surface area contributed by atoms with E-state index in [-0.39, 0.29) is 31.3 Å². The summed E-state index contributed by atoms with van der Waals surface area (Å²) in [5.41, 5.74) is 3.78. The molecule has 45 heavy (non-hydrogen) atoms. The Kier molecular flexibility index (Phi) is 8.38. The number of hydrogen-bond donors (Lipinski definition) is 1. The summed E-state index contributed by atoms with van der Waals surface area (Å²) < 4.78 is 39.2. The molecule has 0 bridgehead atoms. The van der Waals surface area contributed by atoms with Crippen LogP contribution in [0.4, 0.5) is 8.78 Å². The molecule has 6 aromatic rings. The number of carbonyl (C=O) groups is 1. The van der Waals surface area contributed by atoms with E-state index >= 15 is 0 Å². The number of pyridine rings is 2. The molecule has 0 saturated carbocycles. The predicted molar refractivity (Wildman–Crippen MR) is 168 cm³/mol. The van der Waals surface area contributed by atoms with Crippen LogP contribution in [0.1, 0.15) is 42.3 Å². The Morgan fingerprint density at radius 2 is 1.09 bits per heavy atom. The summed E-state index contributed by atoms with van der Waals surface area (Å²) >= 11 is 0. The van der Waals surface area contributed by atoms with E-state index in [2.05, 4.69) is 9.97 Å².